The van der Waals surface area contributed by atoms with E-state index < -0.39 is 0 Å². The lowest BCUT2D eigenvalue weighted by Crippen LogP contribution is -2.24. The number of benzene rings is 1. The normalized spacial score (nSPS) is 12.1. The zero-order chi connectivity index (χ0) is 12.2. The molecule has 1 aromatic rings. The number of nitrogens with one attached hydrogen (secondary N) is 1. The standard InChI is InChI=1S/C15H25N/c1-12(2)16-11-10-13-6-8-14(9-7-13)15(3,4)5/h6-9,12,16H,10-11H2,1-5H3. The fourth-order valence-corrected chi connectivity index (χ4v) is 1.68. The first kappa shape index (κ1) is 13.2. The van der Waals surface area contributed by atoms with Gasteiger partial charge >= 0.3 is 0 Å². The van der Waals surface area contributed by atoms with E-state index in [-0.39, 0.29) is 5.41 Å². The minimum Gasteiger partial charge on any atom is -0.314 e. The van der Waals surface area contributed by atoms with E-state index in [9.17, 15) is 0 Å². The fourth-order valence-electron chi connectivity index (χ4n) is 1.68. The Morgan fingerprint density at radius 1 is 1.06 bits per heavy atom. The molecule has 0 aliphatic rings. The van der Waals surface area contributed by atoms with Crippen LogP contribution < -0.4 is 5.32 Å². The van der Waals surface area contributed by atoms with Crippen molar-refractivity contribution in [2.45, 2.75) is 52.5 Å². The van der Waals surface area contributed by atoms with Gasteiger partial charge in [0.15, 0.2) is 0 Å². The van der Waals surface area contributed by atoms with Crippen LogP contribution in [0.5, 0.6) is 0 Å². The van der Waals surface area contributed by atoms with Gasteiger partial charge in [0.2, 0.25) is 0 Å². The summed E-state index contributed by atoms with van der Waals surface area (Å²) in [6.45, 7) is 12.2. The molecule has 0 heterocycles. The molecule has 0 aliphatic carbocycles. The Hall–Kier alpha value is -0.820. The van der Waals surface area contributed by atoms with Gasteiger partial charge in [-0.1, -0.05) is 58.9 Å². The summed E-state index contributed by atoms with van der Waals surface area (Å²) >= 11 is 0. The zero-order valence-electron chi connectivity index (χ0n) is 11.3. The first-order valence-electron chi connectivity index (χ1n) is 6.22. The lowest BCUT2D eigenvalue weighted by atomic mass is 9.86. The van der Waals surface area contributed by atoms with Crippen molar-refractivity contribution in [1.82, 2.24) is 5.32 Å². The van der Waals surface area contributed by atoms with Gasteiger partial charge in [0.05, 0.1) is 0 Å². The van der Waals surface area contributed by atoms with Gasteiger partial charge in [-0.3, -0.25) is 0 Å². The molecule has 0 amide bonds. The van der Waals surface area contributed by atoms with E-state index in [0.29, 0.717) is 6.04 Å². The molecule has 0 spiro atoms. The molecule has 0 radical (unpaired) electrons. The lowest BCUT2D eigenvalue weighted by molar-refractivity contribution is 0.585. The molecule has 0 saturated heterocycles. The molecular weight excluding hydrogens is 194 g/mol. The topological polar surface area (TPSA) is 12.0 Å². The van der Waals surface area contributed by atoms with Crippen LogP contribution in [0.15, 0.2) is 24.3 Å². The number of rotatable bonds is 4. The lowest BCUT2D eigenvalue weighted by Gasteiger charge is -2.19. The molecule has 0 unspecified atom stereocenters. The van der Waals surface area contributed by atoms with E-state index in [1.165, 1.54) is 11.1 Å². The Bertz CT molecular complexity index is 303. The average Bonchev–Trinajstić information content (AvgIpc) is 2.16. The molecule has 1 heteroatoms. The highest BCUT2D eigenvalue weighted by molar-refractivity contribution is 5.27. The van der Waals surface area contributed by atoms with Gasteiger partial charge in [0.1, 0.15) is 0 Å². The van der Waals surface area contributed by atoms with E-state index in [2.05, 4.69) is 64.2 Å². The molecular formula is C15H25N. The van der Waals surface area contributed by atoms with Crippen LogP contribution in [0.1, 0.15) is 45.7 Å². The Labute approximate surface area is 100 Å². The minimum atomic E-state index is 0.259. The van der Waals surface area contributed by atoms with Crippen LogP contribution in [0, 0.1) is 0 Å². The summed E-state index contributed by atoms with van der Waals surface area (Å²) in [5, 5.41) is 3.44. The minimum absolute atomic E-state index is 0.259. The van der Waals surface area contributed by atoms with Crippen LogP contribution in [-0.4, -0.2) is 12.6 Å². The highest BCUT2D eigenvalue weighted by Gasteiger charge is 2.12. The number of hydrogen-bond donors (Lipinski definition) is 1. The molecule has 1 aromatic carbocycles. The molecule has 0 fully saturated rings. The van der Waals surface area contributed by atoms with Crippen molar-refractivity contribution in [1.29, 1.82) is 0 Å². The van der Waals surface area contributed by atoms with Crippen molar-refractivity contribution in [3.05, 3.63) is 35.4 Å². The molecule has 90 valence electrons. The first-order valence-corrected chi connectivity index (χ1v) is 6.22. The molecule has 0 aliphatic heterocycles. The van der Waals surface area contributed by atoms with E-state index in [1.54, 1.807) is 0 Å². The largest absolute Gasteiger partial charge is 0.314 e. The van der Waals surface area contributed by atoms with E-state index >= 15 is 0 Å². The van der Waals surface area contributed by atoms with Crippen molar-refractivity contribution in [2.24, 2.45) is 0 Å². The van der Waals surface area contributed by atoms with Crippen molar-refractivity contribution >= 4 is 0 Å². The molecule has 0 atom stereocenters. The van der Waals surface area contributed by atoms with Crippen molar-refractivity contribution in [3.63, 3.8) is 0 Å². The van der Waals surface area contributed by atoms with E-state index in [0.717, 1.165) is 13.0 Å². The van der Waals surface area contributed by atoms with Gasteiger partial charge in [-0.25, -0.2) is 0 Å². The predicted octanol–water partition coefficient (Wildman–Crippen LogP) is 3.52. The smallest absolute Gasteiger partial charge is 0.00105 e. The zero-order valence-corrected chi connectivity index (χ0v) is 11.3. The Kier molecular flexibility index (Phi) is 4.55. The monoisotopic (exact) mass is 219 g/mol. The summed E-state index contributed by atoms with van der Waals surface area (Å²) in [7, 11) is 0. The van der Waals surface area contributed by atoms with Crippen LogP contribution in [0.2, 0.25) is 0 Å². The summed E-state index contributed by atoms with van der Waals surface area (Å²) in [6, 6.07) is 9.59. The second kappa shape index (κ2) is 5.49. The van der Waals surface area contributed by atoms with Crippen LogP contribution in [0.25, 0.3) is 0 Å². The van der Waals surface area contributed by atoms with Crippen LogP contribution in [-0.2, 0) is 11.8 Å². The van der Waals surface area contributed by atoms with Crippen molar-refractivity contribution < 1.29 is 0 Å². The Morgan fingerprint density at radius 3 is 2.06 bits per heavy atom. The second-order valence-corrected chi connectivity index (χ2v) is 5.81. The summed E-state index contributed by atoms with van der Waals surface area (Å²) in [6.07, 6.45) is 1.11. The summed E-state index contributed by atoms with van der Waals surface area (Å²) in [5.41, 5.74) is 3.09. The van der Waals surface area contributed by atoms with Crippen LogP contribution in [0.3, 0.4) is 0 Å². The molecule has 0 saturated carbocycles. The maximum Gasteiger partial charge on any atom is 0.00105 e. The summed E-state index contributed by atoms with van der Waals surface area (Å²) < 4.78 is 0. The van der Waals surface area contributed by atoms with E-state index in [4.69, 9.17) is 0 Å². The maximum absolute atomic E-state index is 3.44. The third-order valence-electron chi connectivity index (χ3n) is 2.79. The van der Waals surface area contributed by atoms with Gasteiger partial charge in [0, 0.05) is 6.04 Å². The summed E-state index contributed by atoms with van der Waals surface area (Å²) in [5.74, 6) is 0. The fraction of sp³-hybridized carbons (Fsp3) is 0.600. The highest BCUT2D eigenvalue weighted by atomic mass is 14.9. The molecule has 0 aromatic heterocycles. The molecule has 1 rings (SSSR count). The number of hydrogen-bond acceptors (Lipinski definition) is 1. The molecule has 0 bridgehead atoms. The molecule has 1 N–H and O–H groups in total. The van der Waals surface area contributed by atoms with Crippen LogP contribution in [0.4, 0.5) is 0 Å². The van der Waals surface area contributed by atoms with Gasteiger partial charge in [-0.05, 0) is 29.5 Å². The molecule has 1 nitrogen and oxygen atoms in total. The molecule has 16 heavy (non-hydrogen) atoms. The first-order chi connectivity index (χ1) is 7.39. The van der Waals surface area contributed by atoms with E-state index in [1.807, 2.05) is 0 Å². The Balaban J connectivity index is 2.52. The third kappa shape index (κ3) is 4.36. The van der Waals surface area contributed by atoms with Gasteiger partial charge in [-0.15, -0.1) is 0 Å². The van der Waals surface area contributed by atoms with Crippen molar-refractivity contribution in [3.8, 4) is 0 Å². The van der Waals surface area contributed by atoms with Gasteiger partial charge < -0.3 is 5.32 Å². The summed E-state index contributed by atoms with van der Waals surface area (Å²) in [4.78, 5) is 0. The third-order valence-corrected chi connectivity index (χ3v) is 2.79. The highest BCUT2D eigenvalue weighted by Crippen LogP contribution is 2.22. The maximum atomic E-state index is 3.44. The van der Waals surface area contributed by atoms with Gasteiger partial charge in [0.25, 0.3) is 0 Å². The van der Waals surface area contributed by atoms with Crippen molar-refractivity contribution in [2.75, 3.05) is 6.54 Å². The quantitative estimate of drug-likeness (QED) is 0.817. The average molecular weight is 219 g/mol. The Morgan fingerprint density at radius 2 is 1.62 bits per heavy atom. The van der Waals surface area contributed by atoms with Gasteiger partial charge in [-0.2, -0.15) is 0 Å². The SMILES string of the molecule is CC(C)NCCc1ccc(C(C)(C)C)cc1. The predicted molar refractivity (Wildman–Crippen MR) is 72.0 cm³/mol. The second-order valence-electron chi connectivity index (χ2n) is 5.81. The van der Waals surface area contributed by atoms with Crippen LogP contribution >= 0.6 is 0 Å².